The van der Waals surface area contributed by atoms with Crippen LogP contribution in [-0.4, -0.2) is 43.8 Å². The number of nitrogens with zero attached hydrogens (tertiary/aromatic N) is 2. The maximum absolute atomic E-state index is 13.1. The number of amides is 1. The topological polar surface area (TPSA) is 120 Å². The molecule has 0 aliphatic carbocycles. The quantitative estimate of drug-likeness (QED) is 0.524. The average molecular weight is 489 g/mol. The fraction of sp³-hybridized carbons (Fsp3) is 0.318. The number of aromatic nitrogens is 2. The summed E-state index contributed by atoms with van der Waals surface area (Å²) in [5.41, 5.74) is 0.881. The zero-order valence-corrected chi connectivity index (χ0v) is 19.8. The largest absolute Gasteiger partial charge is 0.490 e. The molecule has 1 aliphatic heterocycles. The summed E-state index contributed by atoms with van der Waals surface area (Å²) >= 11 is 1.21. The Kier molecular flexibility index (Phi) is 6.91. The molecule has 1 aromatic heterocycles. The van der Waals surface area contributed by atoms with Crippen molar-refractivity contribution in [2.75, 3.05) is 18.5 Å². The van der Waals surface area contributed by atoms with E-state index in [1.807, 2.05) is 30.3 Å². The van der Waals surface area contributed by atoms with Crippen molar-refractivity contribution in [2.45, 2.75) is 31.2 Å². The molecule has 11 heteroatoms. The van der Waals surface area contributed by atoms with Crippen LogP contribution >= 0.6 is 11.3 Å². The summed E-state index contributed by atoms with van der Waals surface area (Å²) in [6.45, 7) is 4.46. The van der Waals surface area contributed by atoms with Crippen LogP contribution in [0.1, 0.15) is 20.3 Å². The third-order valence-corrected chi connectivity index (χ3v) is 7.26. The standard InChI is InChI=1S/C22H24N4O5S2/c1-14(2)19(20(27)23-22-25-24-21(32-22)15-7-4-3-5-8-15)26-33(28,29)16-9-10-17-18(13-16)31-12-6-11-30-17/h3-5,7-10,13-14,19,26H,6,11-12H2,1-2H3,(H,23,25,27). The zero-order chi connectivity index (χ0) is 23.4. The van der Waals surface area contributed by atoms with Crippen LogP contribution in [0.3, 0.4) is 0 Å². The minimum absolute atomic E-state index is 0.00696. The minimum Gasteiger partial charge on any atom is -0.490 e. The van der Waals surface area contributed by atoms with Crippen molar-refractivity contribution in [3.8, 4) is 22.1 Å². The molecule has 174 valence electrons. The first-order valence-electron chi connectivity index (χ1n) is 10.5. The summed E-state index contributed by atoms with van der Waals surface area (Å²) in [7, 11) is -4.00. The zero-order valence-electron chi connectivity index (χ0n) is 18.1. The lowest BCUT2D eigenvalue weighted by Gasteiger charge is -2.21. The van der Waals surface area contributed by atoms with Gasteiger partial charge in [0, 0.05) is 18.1 Å². The summed E-state index contributed by atoms with van der Waals surface area (Å²) in [6, 6.07) is 12.9. The van der Waals surface area contributed by atoms with Crippen LogP contribution < -0.4 is 19.5 Å². The number of hydrogen-bond acceptors (Lipinski definition) is 8. The molecule has 4 rings (SSSR count). The number of hydrogen-bond donors (Lipinski definition) is 2. The van der Waals surface area contributed by atoms with Gasteiger partial charge >= 0.3 is 0 Å². The fourth-order valence-electron chi connectivity index (χ4n) is 3.19. The Morgan fingerprint density at radius 3 is 2.48 bits per heavy atom. The van der Waals surface area contributed by atoms with Crippen LogP contribution in [0.15, 0.2) is 53.4 Å². The number of benzene rings is 2. The normalized spacial score (nSPS) is 14.5. The van der Waals surface area contributed by atoms with Crippen LogP contribution in [0, 0.1) is 5.92 Å². The highest BCUT2D eigenvalue weighted by Gasteiger charge is 2.30. The van der Waals surface area contributed by atoms with Crippen LogP contribution in [0.2, 0.25) is 0 Å². The van der Waals surface area contributed by atoms with Crippen LogP contribution in [0.4, 0.5) is 5.13 Å². The van der Waals surface area contributed by atoms with Crippen LogP contribution in [0.25, 0.3) is 10.6 Å². The monoisotopic (exact) mass is 488 g/mol. The summed E-state index contributed by atoms with van der Waals surface area (Å²) in [5, 5.41) is 11.7. The van der Waals surface area contributed by atoms with E-state index in [1.54, 1.807) is 19.9 Å². The summed E-state index contributed by atoms with van der Waals surface area (Å²) in [6.07, 6.45) is 0.711. The van der Waals surface area contributed by atoms with Crippen LogP contribution in [0.5, 0.6) is 11.5 Å². The number of fused-ring (bicyclic) bond motifs is 1. The van der Waals surface area contributed by atoms with E-state index in [0.717, 1.165) is 5.56 Å². The smallest absolute Gasteiger partial charge is 0.244 e. The molecule has 1 unspecified atom stereocenters. The molecule has 1 amide bonds. The molecule has 0 saturated carbocycles. The molecule has 0 saturated heterocycles. The lowest BCUT2D eigenvalue weighted by atomic mass is 10.1. The molecule has 0 fully saturated rings. The molecule has 2 N–H and O–H groups in total. The van der Waals surface area contributed by atoms with E-state index in [9.17, 15) is 13.2 Å². The van der Waals surface area contributed by atoms with E-state index >= 15 is 0 Å². The van der Waals surface area contributed by atoms with E-state index in [-0.39, 0.29) is 10.8 Å². The summed E-state index contributed by atoms with van der Waals surface area (Å²) < 4.78 is 39.8. The third kappa shape index (κ3) is 5.49. The molecule has 3 aromatic rings. The minimum atomic E-state index is -4.00. The molecular weight excluding hydrogens is 464 g/mol. The van der Waals surface area contributed by atoms with Gasteiger partial charge in [0.25, 0.3) is 0 Å². The number of rotatable bonds is 7. The summed E-state index contributed by atoms with van der Waals surface area (Å²) in [5.74, 6) is 0.0266. The first kappa shape index (κ1) is 23.1. The Morgan fingerprint density at radius 2 is 1.76 bits per heavy atom. The number of carbonyl (C=O) groups excluding carboxylic acids is 1. The molecule has 2 aromatic carbocycles. The Labute approximate surface area is 196 Å². The van der Waals surface area contributed by atoms with Gasteiger partial charge in [-0.15, -0.1) is 10.2 Å². The number of carbonyl (C=O) groups is 1. The molecule has 0 spiro atoms. The van der Waals surface area contributed by atoms with Crippen molar-refractivity contribution in [3.63, 3.8) is 0 Å². The highest BCUT2D eigenvalue weighted by Crippen LogP contribution is 2.32. The fourth-order valence-corrected chi connectivity index (χ4v) is 5.30. The number of ether oxygens (including phenoxy) is 2. The SMILES string of the molecule is CC(C)C(NS(=O)(=O)c1ccc2c(c1)OCCCO2)C(=O)Nc1nnc(-c2ccccc2)s1. The molecule has 33 heavy (non-hydrogen) atoms. The number of sulfonamides is 1. The lowest BCUT2D eigenvalue weighted by Crippen LogP contribution is -2.47. The van der Waals surface area contributed by atoms with Gasteiger partial charge in [0.05, 0.1) is 18.1 Å². The second-order valence-electron chi connectivity index (χ2n) is 7.77. The van der Waals surface area contributed by atoms with E-state index in [1.165, 1.54) is 23.5 Å². The Bertz CT molecular complexity index is 1230. The second-order valence-corrected chi connectivity index (χ2v) is 10.5. The summed E-state index contributed by atoms with van der Waals surface area (Å²) in [4.78, 5) is 12.9. The van der Waals surface area contributed by atoms with Gasteiger partial charge in [0.2, 0.25) is 21.1 Å². The van der Waals surface area contributed by atoms with E-state index in [4.69, 9.17) is 9.47 Å². The Hall–Kier alpha value is -3.02. The first-order chi connectivity index (χ1) is 15.8. The van der Waals surface area contributed by atoms with Gasteiger partial charge < -0.3 is 9.47 Å². The molecule has 1 aliphatic rings. The average Bonchev–Trinajstić information content (AvgIpc) is 3.13. The molecule has 0 bridgehead atoms. The van der Waals surface area contributed by atoms with Crippen molar-refractivity contribution in [2.24, 2.45) is 5.92 Å². The van der Waals surface area contributed by atoms with Gasteiger partial charge in [-0.25, -0.2) is 8.42 Å². The van der Waals surface area contributed by atoms with Crippen molar-refractivity contribution in [3.05, 3.63) is 48.5 Å². The van der Waals surface area contributed by atoms with E-state index in [2.05, 4.69) is 20.2 Å². The van der Waals surface area contributed by atoms with Gasteiger partial charge in [0.1, 0.15) is 11.0 Å². The van der Waals surface area contributed by atoms with Crippen molar-refractivity contribution in [1.29, 1.82) is 0 Å². The predicted octanol–water partition coefficient (Wildman–Crippen LogP) is 3.31. The highest BCUT2D eigenvalue weighted by atomic mass is 32.2. The second kappa shape index (κ2) is 9.86. The predicted molar refractivity (Wildman–Crippen MR) is 125 cm³/mol. The van der Waals surface area contributed by atoms with Gasteiger partial charge in [-0.1, -0.05) is 55.5 Å². The van der Waals surface area contributed by atoms with E-state index < -0.39 is 22.0 Å². The molecule has 1 atom stereocenters. The van der Waals surface area contributed by atoms with Crippen molar-refractivity contribution < 1.29 is 22.7 Å². The molecular formula is C22H24N4O5S2. The number of anilines is 1. The molecule has 0 radical (unpaired) electrons. The first-order valence-corrected chi connectivity index (χ1v) is 12.8. The van der Waals surface area contributed by atoms with Crippen molar-refractivity contribution >= 4 is 32.4 Å². The Balaban J connectivity index is 1.50. The van der Waals surface area contributed by atoms with Crippen LogP contribution in [-0.2, 0) is 14.8 Å². The molecule has 9 nitrogen and oxygen atoms in total. The highest BCUT2D eigenvalue weighted by molar-refractivity contribution is 7.89. The van der Waals surface area contributed by atoms with Gasteiger partial charge in [-0.2, -0.15) is 4.72 Å². The van der Waals surface area contributed by atoms with Crippen molar-refractivity contribution in [1.82, 2.24) is 14.9 Å². The van der Waals surface area contributed by atoms with Gasteiger partial charge in [-0.3, -0.25) is 10.1 Å². The maximum Gasteiger partial charge on any atom is 0.244 e. The Morgan fingerprint density at radius 1 is 1.03 bits per heavy atom. The number of nitrogens with one attached hydrogen (secondary N) is 2. The van der Waals surface area contributed by atoms with E-state index in [0.29, 0.717) is 41.3 Å². The molecule has 2 heterocycles. The maximum atomic E-state index is 13.1. The third-order valence-electron chi connectivity index (χ3n) is 4.94. The van der Waals surface area contributed by atoms with Gasteiger partial charge in [0.15, 0.2) is 11.5 Å². The lowest BCUT2D eigenvalue weighted by molar-refractivity contribution is -0.118. The van der Waals surface area contributed by atoms with Gasteiger partial charge in [-0.05, 0) is 18.1 Å².